The SMILES string of the molecule is O=C(NCCCc1ccccc1)[C@H](CS(=O)(=O)Cc1ccccc1OC(F)F)NC(=O)N1CCOCC1. The van der Waals surface area contributed by atoms with Crippen molar-refractivity contribution in [1.29, 1.82) is 0 Å². The zero-order chi connectivity index (χ0) is 26.7. The number of carbonyl (C=O) groups excluding carboxylic acids is 2. The molecule has 1 aliphatic heterocycles. The number of urea groups is 1. The highest BCUT2D eigenvalue weighted by Crippen LogP contribution is 2.23. The molecule has 0 aliphatic carbocycles. The number of aryl methyl sites for hydroxylation is 1. The molecule has 2 N–H and O–H groups in total. The van der Waals surface area contributed by atoms with Crippen LogP contribution in [-0.4, -0.2) is 76.5 Å². The molecule has 0 spiro atoms. The van der Waals surface area contributed by atoms with Gasteiger partial charge in [0.25, 0.3) is 0 Å². The highest BCUT2D eigenvalue weighted by atomic mass is 32.2. The predicted molar refractivity (Wildman–Crippen MR) is 133 cm³/mol. The van der Waals surface area contributed by atoms with Crippen molar-refractivity contribution >= 4 is 21.8 Å². The van der Waals surface area contributed by atoms with Crippen LogP contribution in [0.1, 0.15) is 17.5 Å². The molecule has 3 amide bonds. The molecule has 0 aromatic heterocycles. The number of morpholine rings is 1. The van der Waals surface area contributed by atoms with Crippen LogP contribution in [0.25, 0.3) is 0 Å². The van der Waals surface area contributed by atoms with Gasteiger partial charge in [0.15, 0.2) is 9.84 Å². The number of sulfone groups is 1. The number of ether oxygens (including phenoxy) is 2. The molecule has 12 heteroatoms. The molecule has 1 fully saturated rings. The Hall–Kier alpha value is -3.25. The third-order valence-corrected chi connectivity index (χ3v) is 7.27. The van der Waals surface area contributed by atoms with Gasteiger partial charge in [0.1, 0.15) is 11.8 Å². The van der Waals surface area contributed by atoms with Crippen LogP contribution in [0.15, 0.2) is 54.6 Å². The van der Waals surface area contributed by atoms with E-state index in [0.717, 1.165) is 5.56 Å². The van der Waals surface area contributed by atoms with E-state index in [2.05, 4.69) is 15.4 Å². The van der Waals surface area contributed by atoms with Gasteiger partial charge in [-0.3, -0.25) is 4.79 Å². The summed E-state index contributed by atoms with van der Waals surface area (Å²) in [6, 6.07) is 13.3. The monoisotopic (exact) mass is 539 g/mol. The number of benzene rings is 2. The van der Waals surface area contributed by atoms with Crippen LogP contribution in [0.4, 0.5) is 13.6 Å². The van der Waals surface area contributed by atoms with Gasteiger partial charge in [0, 0.05) is 25.2 Å². The van der Waals surface area contributed by atoms with Gasteiger partial charge >= 0.3 is 12.6 Å². The number of amides is 3. The molecule has 3 rings (SSSR count). The molecular formula is C25H31F2N3O6S. The number of halogens is 2. The average molecular weight is 540 g/mol. The first kappa shape index (κ1) is 28.3. The Morgan fingerprint density at radius 1 is 1.03 bits per heavy atom. The van der Waals surface area contributed by atoms with E-state index < -0.39 is 45.9 Å². The van der Waals surface area contributed by atoms with Crippen LogP contribution in [0, 0.1) is 0 Å². The second kappa shape index (κ2) is 13.9. The third-order valence-electron chi connectivity index (χ3n) is 5.68. The van der Waals surface area contributed by atoms with E-state index in [9.17, 15) is 26.8 Å². The molecule has 1 atom stereocenters. The van der Waals surface area contributed by atoms with E-state index in [1.807, 2.05) is 30.3 Å². The minimum Gasteiger partial charge on any atom is -0.435 e. The maximum Gasteiger partial charge on any atom is 0.387 e. The highest BCUT2D eigenvalue weighted by molar-refractivity contribution is 7.90. The minimum absolute atomic E-state index is 0.0318. The second-order valence-corrected chi connectivity index (χ2v) is 10.6. The number of hydrogen-bond acceptors (Lipinski definition) is 6. The van der Waals surface area contributed by atoms with Gasteiger partial charge in [0.05, 0.1) is 24.7 Å². The first-order chi connectivity index (χ1) is 17.7. The fourth-order valence-electron chi connectivity index (χ4n) is 3.85. The number of rotatable bonds is 12. The van der Waals surface area contributed by atoms with Crippen molar-refractivity contribution < 1.29 is 36.3 Å². The second-order valence-electron chi connectivity index (χ2n) is 8.52. The molecule has 37 heavy (non-hydrogen) atoms. The number of alkyl halides is 2. The topological polar surface area (TPSA) is 114 Å². The third kappa shape index (κ3) is 9.62. The summed E-state index contributed by atoms with van der Waals surface area (Å²) in [5.41, 5.74) is 1.13. The molecule has 0 bridgehead atoms. The maximum absolute atomic E-state index is 13.0. The van der Waals surface area contributed by atoms with E-state index in [1.165, 1.54) is 29.2 Å². The van der Waals surface area contributed by atoms with Crippen LogP contribution < -0.4 is 15.4 Å². The van der Waals surface area contributed by atoms with Crippen molar-refractivity contribution in [2.75, 3.05) is 38.6 Å². The molecule has 2 aromatic rings. The number of nitrogens with zero attached hydrogens (tertiary/aromatic N) is 1. The molecule has 202 valence electrons. The number of hydrogen-bond donors (Lipinski definition) is 2. The van der Waals surface area contributed by atoms with Gasteiger partial charge in [-0.25, -0.2) is 13.2 Å². The molecule has 1 aliphatic rings. The van der Waals surface area contributed by atoms with Crippen molar-refractivity contribution in [3.05, 3.63) is 65.7 Å². The predicted octanol–water partition coefficient (Wildman–Crippen LogP) is 2.36. The van der Waals surface area contributed by atoms with Crippen LogP contribution in [0.2, 0.25) is 0 Å². The fourth-order valence-corrected chi connectivity index (χ4v) is 5.42. The molecule has 2 aromatic carbocycles. The Morgan fingerprint density at radius 2 is 1.70 bits per heavy atom. The quantitative estimate of drug-likeness (QED) is 0.401. The van der Waals surface area contributed by atoms with Gasteiger partial charge in [-0.05, 0) is 24.5 Å². The summed E-state index contributed by atoms with van der Waals surface area (Å²) in [7, 11) is -4.03. The maximum atomic E-state index is 13.0. The van der Waals surface area contributed by atoms with Crippen molar-refractivity contribution in [3.63, 3.8) is 0 Å². The summed E-state index contributed by atoms with van der Waals surface area (Å²) in [6.45, 7) is -1.55. The lowest BCUT2D eigenvalue weighted by molar-refractivity contribution is -0.122. The Kier molecular flexibility index (Phi) is 10.6. The van der Waals surface area contributed by atoms with Crippen molar-refractivity contribution in [3.8, 4) is 5.75 Å². The molecule has 0 saturated carbocycles. The number of nitrogens with one attached hydrogen (secondary N) is 2. The molecular weight excluding hydrogens is 508 g/mol. The molecule has 0 unspecified atom stereocenters. The largest absolute Gasteiger partial charge is 0.435 e. The van der Waals surface area contributed by atoms with Crippen LogP contribution in [0.3, 0.4) is 0 Å². The van der Waals surface area contributed by atoms with E-state index >= 15 is 0 Å². The van der Waals surface area contributed by atoms with Crippen molar-refractivity contribution in [2.45, 2.75) is 31.2 Å². The van der Waals surface area contributed by atoms with Crippen LogP contribution in [0.5, 0.6) is 5.75 Å². The van der Waals surface area contributed by atoms with Crippen molar-refractivity contribution in [1.82, 2.24) is 15.5 Å². The number of carbonyl (C=O) groups is 2. The fraction of sp³-hybridized carbons (Fsp3) is 0.440. The Morgan fingerprint density at radius 3 is 2.41 bits per heavy atom. The average Bonchev–Trinajstić information content (AvgIpc) is 2.88. The van der Waals surface area contributed by atoms with Crippen molar-refractivity contribution in [2.24, 2.45) is 0 Å². The Balaban J connectivity index is 1.66. The summed E-state index contributed by atoms with van der Waals surface area (Å²) in [5.74, 6) is -2.26. The minimum atomic E-state index is -4.03. The van der Waals surface area contributed by atoms with Gasteiger partial charge in [-0.15, -0.1) is 0 Å². The molecule has 0 radical (unpaired) electrons. The lowest BCUT2D eigenvalue weighted by Crippen LogP contribution is -2.55. The standard InChI is InChI=1S/C25H31F2N3O6S/c26-24(27)36-22-11-5-4-10-20(22)17-37(33,34)18-21(29-25(32)30-13-15-35-16-14-30)23(31)28-12-6-9-19-7-2-1-3-8-19/h1-5,7-8,10-11,21,24H,6,9,12-18H2,(H,28,31)(H,29,32)/t21-/m0/s1. The van der Waals surface area contributed by atoms with Gasteiger partial charge < -0.3 is 25.0 Å². The number of para-hydroxylation sites is 1. The zero-order valence-corrected chi connectivity index (χ0v) is 21.1. The summed E-state index contributed by atoms with van der Waals surface area (Å²) < 4.78 is 61.2. The molecule has 1 heterocycles. The zero-order valence-electron chi connectivity index (χ0n) is 20.3. The van der Waals surface area contributed by atoms with Crippen LogP contribution in [-0.2, 0) is 31.5 Å². The van der Waals surface area contributed by atoms with Gasteiger partial charge in [-0.2, -0.15) is 8.78 Å². The first-order valence-corrected chi connectivity index (χ1v) is 13.7. The lowest BCUT2D eigenvalue weighted by atomic mass is 10.1. The van der Waals surface area contributed by atoms with Crippen LogP contribution >= 0.6 is 0 Å². The van der Waals surface area contributed by atoms with Gasteiger partial charge in [-0.1, -0.05) is 48.5 Å². The Bertz CT molecular complexity index is 1130. The lowest BCUT2D eigenvalue weighted by Gasteiger charge is -2.29. The summed E-state index contributed by atoms with van der Waals surface area (Å²) >= 11 is 0. The van der Waals surface area contributed by atoms with E-state index in [0.29, 0.717) is 39.1 Å². The van der Waals surface area contributed by atoms with Gasteiger partial charge in [0.2, 0.25) is 5.91 Å². The van der Waals surface area contributed by atoms with E-state index in [1.54, 1.807) is 0 Å². The normalized spacial score (nSPS) is 14.7. The molecule has 9 nitrogen and oxygen atoms in total. The summed E-state index contributed by atoms with van der Waals surface area (Å²) in [5, 5.41) is 5.22. The molecule has 1 saturated heterocycles. The Labute approximate surface area is 215 Å². The summed E-state index contributed by atoms with van der Waals surface area (Å²) in [6.07, 6.45) is 1.33. The van der Waals surface area contributed by atoms with E-state index in [4.69, 9.17) is 4.74 Å². The summed E-state index contributed by atoms with van der Waals surface area (Å²) in [4.78, 5) is 27.1. The smallest absolute Gasteiger partial charge is 0.387 e. The van der Waals surface area contributed by atoms with E-state index in [-0.39, 0.29) is 17.9 Å². The first-order valence-electron chi connectivity index (χ1n) is 11.9. The highest BCUT2D eigenvalue weighted by Gasteiger charge is 2.30.